The Kier molecular flexibility index (Phi) is 7.91. The molecule has 0 unspecified atom stereocenters. The number of nitrogens with zero attached hydrogens (tertiary/aromatic N) is 2. The molecular weight excluding hydrogens is 500 g/mol. The fraction of sp³-hybridized carbons (Fsp3) is 0.308. The van der Waals surface area contributed by atoms with Crippen LogP contribution in [0.4, 0.5) is 5.69 Å². The second-order valence-electron chi connectivity index (χ2n) is 8.77. The summed E-state index contributed by atoms with van der Waals surface area (Å²) in [6.07, 6.45) is 1.51. The molecule has 3 amide bonds. The Bertz CT molecular complexity index is 1300. The molecule has 0 saturated carbocycles. The van der Waals surface area contributed by atoms with Crippen LogP contribution in [0.2, 0.25) is 5.02 Å². The van der Waals surface area contributed by atoms with Gasteiger partial charge in [0.15, 0.2) is 6.61 Å². The number of piperidine rings is 1. The highest BCUT2D eigenvalue weighted by Crippen LogP contribution is 2.31. The molecule has 8 nitrogen and oxygen atoms in total. The summed E-state index contributed by atoms with van der Waals surface area (Å²) in [6.45, 7) is 5.26. The highest BCUT2D eigenvalue weighted by molar-refractivity contribution is 7.10. The van der Waals surface area contributed by atoms with Crippen LogP contribution in [-0.4, -0.2) is 47.3 Å². The van der Waals surface area contributed by atoms with Crippen molar-refractivity contribution in [1.29, 1.82) is 0 Å². The monoisotopic (exact) mass is 526 g/mol. The first kappa shape index (κ1) is 25.7. The van der Waals surface area contributed by atoms with E-state index in [1.54, 1.807) is 11.4 Å². The largest absolute Gasteiger partial charge is 0.484 e. The average molecular weight is 527 g/mol. The third kappa shape index (κ3) is 6.03. The van der Waals surface area contributed by atoms with Crippen molar-refractivity contribution in [2.75, 3.05) is 25.0 Å². The molecule has 0 spiro atoms. The summed E-state index contributed by atoms with van der Waals surface area (Å²) < 4.78 is 5.69. The quantitative estimate of drug-likeness (QED) is 0.468. The van der Waals surface area contributed by atoms with Crippen LogP contribution in [0, 0.1) is 13.8 Å². The fourth-order valence-electron chi connectivity index (χ4n) is 4.01. The minimum Gasteiger partial charge on any atom is -0.484 e. The van der Waals surface area contributed by atoms with Crippen LogP contribution >= 0.6 is 22.9 Å². The number of carbonyl (C=O) groups excluding carboxylic acids is 3. The van der Waals surface area contributed by atoms with E-state index in [9.17, 15) is 14.4 Å². The van der Waals surface area contributed by atoms with Gasteiger partial charge in [-0.2, -0.15) is 0 Å². The molecule has 1 aromatic heterocycles. The number of nitrogens with two attached hydrogens (primary N) is 1. The van der Waals surface area contributed by atoms with E-state index in [1.165, 1.54) is 29.0 Å². The van der Waals surface area contributed by atoms with Gasteiger partial charge < -0.3 is 20.7 Å². The lowest BCUT2D eigenvalue weighted by Crippen LogP contribution is -2.40. The number of amides is 3. The number of benzene rings is 2. The summed E-state index contributed by atoms with van der Waals surface area (Å²) in [5, 5.41) is 5.58. The fourth-order valence-corrected chi connectivity index (χ4v) is 5.15. The number of halogens is 1. The van der Waals surface area contributed by atoms with Crippen molar-refractivity contribution in [3.05, 3.63) is 74.2 Å². The lowest BCUT2D eigenvalue weighted by atomic mass is 9.97. The topological polar surface area (TPSA) is 115 Å². The van der Waals surface area contributed by atoms with Crippen LogP contribution in [0.3, 0.4) is 0 Å². The van der Waals surface area contributed by atoms with Crippen LogP contribution in [0.5, 0.6) is 5.75 Å². The van der Waals surface area contributed by atoms with Crippen LogP contribution in [0.25, 0.3) is 0 Å². The number of rotatable bonds is 7. The molecular formula is C26H27ClN4O4S. The van der Waals surface area contributed by atoms with Gasteiger partial charge in [-0.15, -0.1) is 11.3 Å². The summed E-state index contributed by atoms with van der Waals surface area (Å²) >= 11 is 7.34. The van der Waals surface area contributed by atoms with Crippen LogP contribution in [0.1, 0.15) is 55.7 Å². The molecule has 10 heteroatoms. The molecule has 0 aliphatic carbocycles. The van der Waals surface area contributed by atoms with Gasteiger partial charge in [-0.3, -0.25) is 14.4 Å². The molecule has 1 aliphatic rings. The maximum atomic E-state index is 12.7. The van der Waals surface area contributed by atoms with E-state index in [0.29, 0.717) is 23.9 Å². The highest BCUT2D eigenvalue weighted by atomic mass is 35.5. The number of anilines is 1. The van der Waals surface area contributed by atoms with Crippen molar-refractivity contribution in [3.8, 4) is 5.75 Å². The van der Waals surface area contributed by atoms with E-state index in [4.69, 9.17) is 22.1 Å². The lowest BCUT2D eigenvalue weighted by molar-refractivity contribution is -0.134. The summed E-state index contributed by atoms with van der Waals surface area (Å²) in [4.78, 5) is 43.4. The average Bonchev–Trinajstić information content (AvgIpc) is 3.36. The third-order valence-corrected chi connectivity index (χ3v) is 7.53. The van der Waals surface area contributed by atoms with Gasteiger partial charge in [0.05, 0.1) is 16.3 Å². The Hall–Kier alpha value is -3.43. The van der Waals surface area contributed by atoms with Gasteiger partial charge in [0.25, 0.3) is 17.7 Å². The predicted molar refractivity (Wildman–Crippen MR) is 140 cm³/mol. The van der Waals surface area contributed by atoms with Crippen molar-refractivity contribution in [1.82, 2.24) is 9.88 Å². The lowest BCUT2D eigenvalue weighted by Gasteiger charge is -2.31. The first-order chi connectivity index (χ1) is 17.2. The maximum absolute atomic E-state index is 12.7. The molecule has 0 radical (unpaired) electrons. The molecule has 0 bridgehead atoms. The number of carbonyl (C=O) groups is 3. The molecule has 188 valence electrons. The number of ether oxygens (including phenoxy) is 1. The van der Waals surface area contributed by atoms with Gasteiger partial charge in [-0.25, -0.2) is 4.98 Å². The smallest absolute Gasteiger partial charge is 0.275 e. The minimum absolute atomic E-state index is 0.00667. The Morgan fingerprint density at radius 3 is 2.58 bits per heavy atom. The molecule has 2 aromatic carbocycles. The van der Waals surface area contributed by atoms with Gasteiger partial charge in [-0.1, -0.05) is 17.7 Å². The second-order valence-corrected chi connectivity index (χ2v) is 10.1. The van der Waals surface area contributed by atoms with E-state index in [0.717, 1.165) is 23.4 Å². The number of thiazole rings is 1. The van der Waals surface area contributed by atoms with Gasteiger partial charge in [0.1, 0.15) is 11.4 Å². The Balaban J connectivity index is 1.30. The standard InChI is InChI=1S/C26H27ClN4O4S/c1-15-3-5-19(11-16(15)2)35-13-23(32)31-9-7-17(8-10-31)26-30-22(14-36-26)25(34)29-21-6-4-18(27)12-20(21)24(28)33/h3-6,11-12,14,17H,7-10,13H2,1-2H3,(H2,28,33)(H,29,34). The molecule has 1 aliphatic heterocycles. The highest BCUT2D eigenvalue weighted by Gasteiger charge is 2.27. The van der Waals surface area contributed by atoms with Gasteiger partial charge in [-0.05, 0) is 68.1 Å². The maximum Gasteiger partial charge on any atom is 0.275 e. The van der Waals surface area contributed by atoms with Crippen molar-refractivity contribution in [3.63, 3.8) is 0 Å². The van der Waals surface area contributed by atoms with E-state index >= 15 is 0 Å². The van der Waals surface area contributed by atoms with Gasteiger partial charge >= 0.3 is 0 Å². The van der Waals surface area contributed by atoms with Crippen LogP contribution in [0.15, 0.2) is 41.8 Å². The number of likely N-dealkylation sites (tertiary alicyclic amines) is 1. The first-order valence-corrected chi connectivity index (χ1v) is 12.8. The number of hydrogen-bond donors (Lipinski definition) is 2. The zero-order chi connectivity index (χ0) is 25.8. The van der Waals surface area contributed by atoms with Crippen LogP contribution < -0.4 is 15.8 Å². The molecule has 36 heavy (non-hydrogen) atoms. The Morgan fingerprint density at radius 2 is 1.89 bits per heavy atom. The Morgan fingerprint density at radius 1 is 1.14 bits per heavy atom. The van der Waals surface area contributed by atoms with Crippen molar-refractivity contribution in [2.24, 2.45) is 5.73 Å². The SMILES string of the molecule is Cc1ccc(OCC(=O)N2CCC(c3nc(C(=O)Nc4ccc(Cl)cc4C(N)=O)cs3)CC2)cc1C. The minimum atomic E-state index is -0.688. The summed E-state index contributed by atoms with van der Waals surface area (Å²) in [7, 11) is 0. The first-order valence-electron chi connectivity index (χ1n) is 11.5. The van der Waals surface area contributed by atoms with E-state index in [-0.39, 0.29) is 35.4 Å². The second kappa shape index (κ2) is 11.1. The zero-order valence-corrected chi connectivity index (χ0v) is 21.6. The molecule has 2 heterocycles. The van der Waals surface area contributed by atoms with Gasteiger partial charge in [0, 0.05) is 29.4 Å². The zero-order valence-electron chi connectivity index (χ0n) is 20.0. The number of aromatic nitrogens is 1. The summed E-state index contributed by atoms with van der Waals surface area (Å²) in [5.41, 5.74) is 8.37. The molecule has 0 atom stereocenters. The van der Waals surface area contributed by atoms with Gasteiger partial charge in [0.2, 0.25) is 0 Å². The summed E-state index contributed by atoms with van der Waals surface area (Å²) in [5.74, 6) is -0.306. The molecule has 3 aromatic rings. The summed E-state index contributed by atoms with van der Waals surface area (Å²) in [6, 6.07) is 10.3. The number of primary amides is 1. The number of hydrogen-bond acceptors (Lipinski definition) is 6. The van der Waals surface area contributed by atoms with Crippen molar-refractivity contribution >= 4 is 46.3 Å². The molecule has 4 rings (SSSR count). The van der Waals surface area contributed by atoms with Crippen molar-refractivity contribution < 1.29 is 19.1 Å². The van der Waals surface area contributed by atoms with E-state index in [1.807, 2.05) is 36.9 Å². The third-order valence-electron chi connectivity index (χ3n) is 6.29. The normalized spacial score (nSPS) is 13.9. The van der Waals surface area contributed by atoms with E-state index < -0.39 is 11.8 Å². The molecule has 1 saturated heterocycles. The predicted octanol–water partition coefficient (Wildman–Crippen LogP) is 4.55. The Labute approximate surface area is 218 Å². The van der Waals surface area contributed by atoms with Crippen LogP contribution in [-0.2, 0) is 4.79 Å². The van der Waals surface area contributed by atoms with Crippen molar-refractivity contribution in [2.45, 2.75) is 32.6 Å². The number of aryl methyl sites for hydroxylation is 2. The van der Waals surface area contributed by atoms with E-state index in [2.05, 4.69) is 10.3 Å². The molecule has 3 N–H and O–H groups in total. The molecule has 1 fully saturated rings. The number of nitrogens with one attached hydrogen (secondary N) is 1.